The van der Waals surface area contributed by atoms with Crippen molar-refractivity contribution in [1.29, 1.82) is 0 Å². The van der Waals surface area contributed by atoms with Gasteiger partial charge in [0.25, 0.3) is 0 Å². The maximum atomic E-state index is 5.49. The molecule has 1 aliphatic rings. The van der Waals surface area contributed by atoms with Crippen molar-refractivity contribution in [2.24, 2.45) is 4.99 Å². The summed E-state index contributed by atoms with van der Waals surface area (Å²) >= 11 is 1.90. The number of ether oxygens (including phenoxy) is 3. The standard InChI is InChI=1S/C22H38N4O3S/c1-6-23-22(24-9-7-8-14-30-5)26-12-10-25(11-13-26)17-18-15-19(27-2)21(29-4)20(16-18)28-3/h15-16H,6-14,17H2,1-5H3,(H,23,24). The molecule has 0 bridgehead atoms. The van der Waals surface area contributed by atoms with Crippen LogP contribution in [-0.2, 0) is 6.54 Å². The molecule has 1 heterocycles. The number of hydrogen-bond donors (Lipinski definition) is 1. The zero-order valence-corrected chi connectivity index (χ0v) is 20.0. The highest BCUT2D eigenvalue weighted by atomic mass is 32.2. The molecule has 0 aromatic heterocycles. The van der Waals surface area contributed by atoms with E-state index in [0.717, 1.165) is 63.8 Å². The van der Waals surface area contributed by atoms with E-state index in [-0.39, 0.29) is 0 Å². The number of unbranched alkanes of at least 4 members (excludes halogenated alkanes) is 1. The van der Waals surface area contributed by atoms with Crippen molar-refractivity contribution >= 4 is 17.7 Å². The van der Waals surface area contributed by atoms with Gasteiger partial charge in [-0.1, -0.05) is 0 Å². The van der Waals surface area contributed by atoms with Gasteiger partial charge in [-0.15, -0.1) is 0 Å². The Labute approximate surface area is 186 Å². The molecule has 1 fully saturated rings. The minimum absolute atomic E-state index is 0.637. The summed E-state index contributed by atoms with van der Waals surface area (Å²) < 4.78 is 16.4. The minimum Gasteiger partial charge on any atom is -0.493 e. The van der Waals surface area contributed by atoms with Crippen LogP contribution in [0.5, 0.6) is 17.2 Å². The van der Waals surface area contributed by atoms with E-state index in [0.29, 0.717) is 17.2 Å². The first-order valence-electron chi connectivity index (χ1n) is 10.7. The number of nitrogens with zero attached hydrogens (tertiary/aromatic N) is 3. The molecule has 1 aromatic rings. The highest BCUT2D eigenvalue weighted by molar-refractivity contribution is 7.98. The Kier molecular flexibility index (Phi) is 11.0. The molecule has 7 nitrogen and oxygen atoms in total. The molecule has 1 aliphatic heterocycles. The summed E-state index contributed by atoms with van der Waals surface area (Å²) in [5.74, 6) is 4.31. The smallest absolute Gasteiger partial charge is 0.203 e. The molecular formula is C22H38N4O3S. The normalized spacial score (nSPS) is 15.2. The maximum Gasteiger partial charge on any atom is 0.203 e. The fourth-order valence-corrected chi connectivity index (χ4v) is 4.06. The zero-order valence-electron chi connectivity index (χ0n) is 19.2. The van der Waals surface area contributed by atoms with Gasteiger partial charge in [0.2, 0.25) is 5.75 Å². The van der Waals surface area contributed by atoms with Crippen molar-refractivity contribution in [3.63, 3.8) is 0 Å². The van der Waals surface area contributed by atoms with E-state index in [4.69, 9.17) is 19.2 Å². The lowest BCUT2D eigenvalue weighted by atomic mass is 10.1. The van der Waals surface area contributed by atoms with Gasteiger partial charge < -0.3 is 24.4 Å². The van der Waals surface area contributed by atoms with Crippen molar-refractivity contribution in [3.8, 4) is 17.2 Å². The molecule has 170 valence electrons. The minimum atomic E-state index is 0.637. The molecule has 0 spiro atoms. The van der Waals surface area contributed by atoms with E-state index >= 15 is 0 Å². The average Bonchev–Trinajstić information content (AvgIpc) is 2.78. The summed E-state index contributed by atoms with van der Waals surface area (Å²) in [6.45, 7) is 8.71. The number of thioether (sulfide) groups is 1. The van der Waals surface area contributed by atoms with E-state index in [1.807, 2.05) is 23.9 Å². The van der Waals surface area contributed by atoms with Crippen LogP contribution in [0.4, 0.5) is 0 Å². The Morgan fingerprint density at radius 3 is 2.23 bits per heavy atom. The largest absolute Gasteiger partial charge is 0.493 e. The van der Waals surface area contributed by atoms with Crippen LogP contribution in [0, 0.1) is 0 Å². The fraction of sp³-hybridized carbons (Fsp3) is 0.682. The van der Waals surface area contributed by atoms with Gasteiger partial charge in [-0.25, -0.2) is 0 Å². The van der Waals surface area contributed by atoms with Crippen molar-refractivity contribution in [2.75, 3.05) is 72.6 Å². The van der Waals surface area contributed by atoms with Gasteiger partial charge >= 0.3 is 0 Å². The lowest BCUT2D eigenvalue weighted by Crippen LogP contribution is -2.52. The van der Waals surface area contributed by atoms with Crippen LogP contribution in [0.2, 0.25) is 0 Å². The van der Waals surface area contributed by atoms with Gasteiger partial charge in [0.05, 0.1) is 21.3 Å². The molecule has 2 rings (SSSR count). The van der Waals surface area contributed by atoms with E-state index in [2.05, 4.69) is 28.3 Å². The Balaban J connectivity index is 1.93. The first-order chi connectivity index (χ1) is 14.7. The maximum absolute atomic E-state index is 5.49. The van der Waals surface area contributed by atoms with E-state index in [1.165, 1.54) is 12.2 Å². The number of aliphatic imine (C=N–C) groups is 1. The molecular weight excluding hydrogens is 400 g/mol. The molecule has 1 N–H and O–H groups in total. The van der Waals surface area contributed by atoms with Crippen LogP contribution >= 0.6 is 11.8 Å². The van der Waals surface area contributed by atoms with Gasteiger partial charge in [-0.2, -0.15) is 11.8 Å². The van der Waals surface area contributed by atoms with Gasteiger partial charge in [-0.05, 0) is 49.5 Å². The predicted octanol–water partition coefficient (Wildman–Crippen LogP) is 2.94. The van der Waals surface area contributed by atoms with Gasteiger partial charge in [0.15, 0.2) is 17.5 Å². The lowest BCUT2D eigenvalue weighted by Gasteiger charge is -2.36. The van der Waals surface area contributed by atoms with Crippen LogP contribution in [0.25, 0.3) is 0 Å². The van der Waals surface area contributed by atoms with Gasteiger partial charge in [0.1, 0.15) is 0 Å². The Morgan fingerprint density at radius 1 is 1.03 bits per heavy atom. The number of guanidine groups is 1. The van der Waals surface area contributed by atoms with E-state index in [9.17, 15) is 0 Å². The number of nitrogens with one attached hydrogen (secondary N) is 1. The summed E-state index contributed by atoms with van der Waals surface area (Å²) in [7, 11) is 4.94. The first kappa shape index (κ1) is 24.5. The third-order valence-electron chi connectivity index (χ3n) is 5.16. The second kappa shape index (κ2) is 13.5. The molecule has 0 saturated carbocycles. The van der Waals surface area contributed by atoms with Crippen molar-refractivity contribution in [1.82, 2.24) is 15.1 Å². The summed E-state index contributed by atoms with van der Waals surface area (Å²) in [6, 6.07) is 4.07. The second-order valence-corrected chi connectivity index (χ2v) is 8.22. The van der Waals surface area contributed by atoms with Crippen LogP contribution < -0.4 is 19.5 Å². The molecule has 0 aliphatic carbocycles. The number of benzene rings is 1. The Bertz CT molecular complexity index is 639. The molecule has 0 amide bonds. The van der Waals surface area contributed by atoms with Gasteiger partial charge in [0, 0.05) is 45.8 Å². The highest BCUT2D eigenvalue weighted by Gasteiger charge is 2.21. The Hall–Kier alpha value is -1.80. The number of piperazine rings is 1. The highest BCUT2D eigenvalue weighted by Crippen LogP contribution is 2.38. The molecule has 1 aromatic carbocycles. The van der Waals surface area contributed by atoms with Crippen LogP contribution in [0.3, 0.4) is 0 Å². The van der Waals surface area contributed by atoms with Crippen molar-refractivity contribution in [2.45, 2.75) is 26.3 Å². The lowest BCUT2D eigenvalue weighted by molar-refractivity contribution is 0.172. The average molecular weight is 439 g/mol. The van der Waals surface area contributed by atoms with Crippen LogP contribution in [0.15, 0.2) is 17.1 Å². The first-order valence-corrected chi connectivity index (χ1v) is 12.1. The third kappa shape index (κ3) is 7.16. The second-order valence-electron chi connectivity index (χ2n) is 7.23. The van der Waals surface area contributed by atoms with Crippen LogP contribution in [-0.4, -0.2) is 88.4 Å². The topological polar surface area (TPSA) is 58.6 Å². The molecule has 0 atom stereocenters. The van der Waals surface area contributed by atoms with Gasteiger partial charge in [-0.3, -0.25) is 9.89 Å². The quantitative estimate of drug-likeness (QED) is 0.324. The monoisotopic (exact) mass is 438 g/mol. The third-order valence-corrected chi connectivity index (χ3v) is 5.85. The van der Waals surface area contributed by atoms with Crippen LogP contribution in [0.1, 0.15) is 25.3 Å². The summed E-state index contributed by atoms with van der Waals surface area (Å²) in [5, 5.41) is 3.46. The summed E-state index contributed by atoms with van der Waals surface area (Å²) in [6.07, 6.45) is 4.54. The predicted molar refractivity (Wildman–Crippen MR) is 127 cm³/mol. The number of rotatable bonds is 11. The molecule has 1 saturated heterocycles. The molecule has 0 radical (unpaired) electrons. The SMILES string of the molecule is CCNC(=NCCCCSC)N1CCN(Cc2cc(OC)c(OC)c(OC)c2)CC1. The summed E-state index contributed by atoms with van der Waals surface area (Å²) in [4.78, 5) is 9.68. The van der Waals surface area contributed by atoms with E-state index < -0.39 is 0 Å². The zero-order chi connectivity index (χ0) is 21.8. The van der Waals surface area contributed by atoms with Crippen molar-refractivity contribution < 1.29 is 14.2 Å². The molecule has 8 heteroatoms. The molecule has 30 heavy (non-hydrogen) atoms. The fourth-order valence-electron chi connectivity index (χ4n) is 3.57. The number of hydrogen-bond acceptors (Lipinski definition) is 6. The van der Waals surface area contributed by atoms with Crippen molar-refractivity contribution in [3.05, 3.63) is 17.7 Å². The molecule has 0 unspecified atom stereocenters. The van der Waals surface area contributed by atoms with E-state index in [1.54, 1.807) is 21.3 Å². The Morgan fingerprint density at radius 2 is 1.70 bits per heavy atom. The number of methoxy groups -OCH3 is 3. The summed E-state index contributed by atoms with van der Waals surface area (Å²) in [5.41, 5.74) is 1.16.